The lowest BCUT2D eigenvalue weighted by Gasteiger charge is -2.02. The van der Waals surface area contributed by atoms with Crippen LogP contribution in [-0.2, 0) is 0 Å². The van der Waals surface area contributed by atoms with Crippen LogP contribution < -0.4 is 0 Å². The van der Waals surface area contributed by atoms with Crippen molar-refractivity contribution < 1.29 is 0 Å². The molecule has 0 atom stereocenters. The molecule has 0 fully saturated rings. The van der Waals surface area contributed by atoms with E-state index in [0.29, 0.717) is 0 Å². The zero-order valence-corrected chi connectivity index (χ0v) is 9.35. The Bertz CT molecular complexity index is 468. The number of hydrogen-bond donors (Lipinski definition) is 0. The quantitative estimate of drug-likeness (QED) is 0.695. The van der Waals surface area contributed by atoms with Gasteiger partial charge in [0, 0.05) is 21.1 Å². The zero-order chi connectivity index (χ0) is 9.42. The second-order valence-corrected chi connectivity index (χ2v) is 4.15. The topological polar surface area (TPSA) is 12.9 Å². The normalized spacial score (nSPS) is 10.7. The van der Waals surface area contributed by atoms with E-state index in [2.05, 4.69) is 20.9 Å². The van der Waals surface area contributed by atoms with Gasteiger partial charge < -0.3 is 0 Å². The average molecular weight is 257 g/mol. The first-order valence-corrected chi connectivity index (χ1v) is 5.06. The second kappa shape index (κ2) is 3.28. The molecule has 0 aliphatic carbocycles. The van der Waals surface area contributed by atoms with E-state index < -0.39 is 0 Å². The molecule has 1 aromatic heterocycles. The van der Waals surface area contributed by atoms with Gasteiger partial charge in [-0.15, -0.1) is 0 Å². The number of fused-ring (bicyclic) bond motifs is 1. The van der Waals surface area contributed by atoms with Crippen LogP contribution in [0.2, 0.25) is 5.02 Å². The number of aryl methyl sites for hydroxylation is 1. The van der Waals surface area contributed by atoms with Crippen molar-refractivity contribution in [3.05, 3.63) is 39.5 Å². The summed E-state index contributed by atoms with van der Waals surface area (Å²) in [7, 11) is 0. The van der Waals surface area contributed by atoms with Crippen molar-refractivity contribution in [2.24, 2.45) is 0 Å². The standard InChI is InChI=1S/C10H7BrClN/c1-6-5-13-9-4-7(12)2-3-8(9)10(6)11/h2-5H,1H3. The fourth-order valence-corrected chi connectivity index (χ4v) is 1.84. The molecule has 66 valence electrons. The Labute approximate surface area is 89.9 Å². The number of hydrogen-bond acceptors (Lipinski definition) is 1. The van der Waals surface area contributed by atoms with Gasteiger partial charge in [0.15, 0.2) is 0 Å². The predicted molar refractivity (Wildman–Crippen MR) is 59.2 cm³/mol. The number of benzene rings is 1. The van der Waals surface area contributed by atoms with Gasteiger partial charge in [-0.3, -0.25) is 4.98 Å². The van der Waals surface area contributed by atoms with Crippen LogP contribution in [-0.4, -0.2) is 4.98 Å². The van der Waals surface area contributed by atoms with Gasteiger partial charge in [0.25, 0.3) is 0 Å². The highest BCUT2D eigenvalue weighted by Crippen LogP contribution is 2.27. The molecule has 0 spiro atoms. The van der Waals surface area contributed by atoms with Crippen LogP contribution >= 0.6 is 27.5 Å². The van der Waals surface area contributed by atoms with Crippen LogP contribution in [0.4, 0.5) is 0 Å². The Morgan fingerprint density at radius 2 is 2.15 bits per heavy atom. The van der Waals surface area contributed by atoms with Crippen molar-refractivity contribution in [1.82, 2.24) is 4.98 Å². The molecule has 0 saturated heterocycles. The molecular weight excluding hydrogens is 249 g/mol. The molecule has 0 radical (unpaired) electrons. The third-order valence-corrected chi connectivity index (χ3v) is 3.23. The summed E-state index contributed by atoms with van der Waals surface area (Å²) in [6, 6.07) is 5.71. The number of rotatable bonds is 0. The van der Waals surface area contributed by atoms with E-state index in [1.807, 2.05) is 31.3 Å². The van der Waals surface area contributed by atoms with E-state index in [4.69, 9.17) is 11.6 Å². The Kier molecular flexibility index (Phi) is 2.26. The highest BCUT2D eigenvalue weighted by atomic mass is 79.9. The van der Waals surface area contributed by atoms with Crippen LogP contribution in [0.3, 0.4) is 0 Å². The molecule has 13 heavy (non-hydrogen) atoms. The average Bonchev–Trinajstić information content (AvgIpc) is 2.12. The lowest BCUT2D eigenvalue weighted by atomic mass is 10.2. The van der Waals surface area contributed by atoms with Crippen molar-refractivity contribution in [1.29, 1.82) is 0 Å². The largest absolute Gasteiger partial charge is 0.256 e. The zero-order valence-electron chi connectivity index (χ0n) is 7.01. The van der Waals surface area contributed by atoms with Crippen molar-refractivity contribution in [3.63, 3.8) is 0 Å². The number of pyridine rings is 1. The molecule has 0 aliphatic heterocycles. The summed E-state index contributed by atoms with van der Waals surface area (Å²) in [6.45, 7) is 2.02. The summed E-state index contributed by atoms with van der Waals surface area (Å²) in [4.78, 5) is 4.29. The molecule has 1 nitrogen and oxygen atoms in total. The van der Waals surface area contributed by atoms with Gasteiger partial charge >= 0.3 is 0 Å². The number of nitrogens with zero attached hydrogens (tertiary/aromatic N) is 1. The third kappa shape index (κ3) is 1.56. The van der Waals surface area contributed by atoms with E-state index in [0.717, 1.165) is 26.0 Å². The number of aromatic nitrogens is 1. The minimum absolute atomic E-state index is 0.718. The van der Waals surface area contributed by atoms with Gasteiger partial charge in [0.1, 0.15) is 0 Å². The molecule has 3 heteroatoms. The molecule has 0 aliphatic rings. The van der Waals surface area contributed by atoms with Crippen molar-refractivity contribution in [3.8, 4) is 0 Å². The van der Waals surface area contributed by atoms with Crippen LogP contribution in [0.25, 0.3) is 10.9 Å². The summed E-state index contributed by atoms with van der Waals surface area (Å²) in [5.41, 5.74) is 2.06. The molecule has 2 rings (SSSR count). The van der Waals surface area contributed by atoms with Crippen molar-refractivity contribution in [2.45, 2.75) is 6.92 Å². The maximum Gasteiger partial charge on any atom is 0.0728 e. The summed E-state index contributed by atoms with van der Waals surface area (Å²) >= 11 is 9.38. The maximum atomic E-state index is 5.86. The van der Waals surface area contributed by atoms with Crippen molar-refractivity contribution >= 4 is 38.4 Å². The van der Waals surface area contributed by atoms with E-state index in [1.54, 1.807) is 0 Å². The molecular formula is C10H7BrClN. The monoisotopic (exact) mass is 255 g/mol. The van der Waals surface area contributed by atoms with E-state index in [9.17, 15) is 0 Å². The third-order valence-electron chi connectivity index (χ3n) is 1.94. The minimum atomic E-state index is 0.718. The predicted octanol–water partition coefficient (Wildman–Crippen LogP) is 3.96. The second-order valence-electron chi connectivity index (χ2n) is 2.92. The fourth-order valence-electron chi connectivity index (χ4n) is 1.23. The Hall–Kier alpha value is -0.600. The first-order valence-electron chi connectivity index (χ1n) is 3.89. The van der Waals surface area contributed by atoms with Crippen LogP contribution in [0.15, 0.2) is 28.9 Å². The van der Waals surface area contributed by atoms with Gasteiger partial charge in [-0.2, -0.15) is 0 Å². The SMILES string of the molecule is Cc1cnc2cc(Cl)ccc2c1Br. The maximum absolute atomic E-state index is 5.86. The Morgan fingerprint density at radius 3 is 2.92 bits per heavy atom. The van der Waals surface area contributed by atoms with Gasteiger partial charge in [0.2, 0.25) is 0 Å². The lowest BCUT2D eigenvalue weighted by molar-refractivity contribution is 1.32. The molecule has 1 heterocycles. The molecule has 0 amide bonds. The molecule has 0 saturated carbocycles. The van der Waals surface area contributed by atoms with E-state index in [-0.39, 0.29) is 0 Å². The number of halogens is 2. The van der Waals surface area contributed by atoms with Gasteiger partial charge in [-0.1, -0.05) is 17.7 Å². The summed E-state index contributed by atoms with van der Waals surface area (Å²) in [5, 5.41) is 1.82. The molecule has 0 N–H and O–H groups in total. The van der Waals surface area contributed by atoms with Gasteiger partial charge in [-0.05, 0) is 40.5 Å². The summed E-state index contributed by atoms with van der Waals surface area (Å²) in [6.07, 6.45) is 1.84. The Morgan fingerprint density at radius 1 is 1.38 bits per heavy atom. The van der Waals surface area contributed by atoms with E-state index >= 15 is 0 Å². The summed E-state index contributed by atoms with van der Waals surface area (Å²) < 4.78 is 1.09. The first-order chi connectivity index (χ1) is 6.18. The fraction of sp³-hybridized carbons (Fsp3) is 0.100. The molecule has 0 bridgehead atoms. The van der Waals surface area contributed by atoms with Gasteiger partial charge in [-0.25, -0.2) is 0 Å². The highest BCUT2D eigenvalue weighted by molar-refractivity contribution is 9.10. The van der Waals surface area contributed by atoms with Crippen LogP contribution in [0.1, 0.15) is 5.56 Å². The van der Waals surface area contributed by atoms with Crippen molar-refractivity contribution in [2.75, 3.05) is 0 Å². The minimum Gasteiger partial charge on any atom is -0.256 e. The van der Waals surface area contributed by atoms with Gasteiger partial charge in [0.05, 0.1) is 5.52 Å². The molecule has 2 aromatic rings. The molecule has 0 unspecified atom stereocenters. The first kappa shape index (κ1) is 8.97. The van der Waals surface area contributed by atoms with Crippen LogP contribution in [0.5, 0.6) is 0 Å². The highest BCUT2D eigenvalue weighted by Gasteiger charge is 2.02. The van der Waals surface area contributed by atoms with Crippen LogP contribution in [0, 0.1) is 6.92 Å². The summed E-state index contributed by atoms with van der Waals surface area (Å²) in [5.74, 6) is 0. The lowest BCUT2D eigenvalue weighted by Crippen LogP contribution is -1.83. The molecule has 1 aromatic carbocycles. The van der Waals surface area contributed by atoms with E-state index in [1.165, 1.54) is 0 Å². The Balaban J connectivity index is 2.87. The smallest absolute Gasteiger partial charge is 0.0728 e.